The third kappa shape index (κ3) is 1.70. The predicted molar refractivity (Wildman–Crippen MR) is 41.8 cm³/mol. The van der Waals surface area contributed by atoms with Gasteiger partial charge in [0.05, 0.1) is 12.2 Å². The van der Waals surface area contributed by atoms with E-state index < -0.39 is 0 Å². The molecule has 0 aromatic rings. The number of ether oxygens (including phenoxy) is 1. The Hall–Kier alpha value is -0.0800. The summed E-state index contributed by atoms with van der Waals surface area (Å²) in [5.41, 5.74) is 5.82. The molecule has 0 saturated carbocycles. The Kier molecular flexibility index (Phi) is 2.69. The highest BCUT2D eigenvalue weighted by Gasteiger charge is 2.25. The standard InChI is InChI=1S/C8H17NO/c1-3-7(9)8-5-4-6(2)10-8/h6-8H,3-5,9H2,1-2H3/t6?,7-,8?/m1/s1. The van der Waals surface area contributed by atoms with Gasteiger partial charge in [0.15, 0.2) is 0 Å². The third-order valence-electron chi connectivity index (χ3n) is 2.21. The van der Waals surface area contributed by atoms with Crippen molar-refractivity contribution in [3.63, 3.8) is 0 Å². The van der Waals surface area contributed by atoms with E-state index in [1.807, 2.05) is 0 Å². The van der Waals surface area contributed by atoms with E-state index in [1.54, 1.807) is 0 Å². The van der Waals surface area contributed by atoms with E-state index in [1.165, 1.54) is 6.42 Å². The van der Waals surface area contributed by atoms with Crippen LogP contribution in [0, 0.1) is 0 Å². The highest BCUT2D eigenvalue weighted by Crippen LogP contribution is 2.21. The second-order valence-electron chi connectivity index (χ2n) is 3.13. The van der Waals surface area contributed by atoms with Gasteiger partial charge in [-0.15, -0.1) is 0 Å². The van der Waals surface area contributed by atoms with Gasteiger partial charge in [-0.3, -0.25) is 0 Å². The van der Waals surface area contributed by atoms with Crippen LogP contribution in [0.1, 0.15) is 33.1 Å². The zero-order valence-corrected chi connectivity index (χ0v) is 6.84. The summed E-state index contributed by atoms with van der Waals surface area (Å²) < 4.78 is 5.59. The summed E-state index contributed by atoms with van der Waals surface area (Å²) in [5, 5.41) is 0. The summed E-state index contributed by atoms with van der Waals surface area (Å²) in [6.45, 7) is 4.22. The van der Waals surface area contributed by atoms with E-state index in [9.17, 15) is 0 Å². The van der Waals surface area contributed by atoms with Gasteiger partial charge in [-0.05, 0) is 26.2 Å². The van der Waals surface area contributed by atoms with Gasteiger partial charge < -0.3 is 10.5 Å². The van der Waals surface area contributed by atoms with E-state index in [2.05, 4.69) is 13.8 Å². The fourth-order valence-electron chi connectivity index (χ4n) is 1.41. The molecule has 1 aliphatic rings. The maximum absolute atomic E-state index is 5.82. The molecule has 0 radical (unpaired) electrons. The predicted octanol–water partition coefficient (Wildman–Crippen LogP) is 1.29. The highest BCUT2D eigenvalue weighted by molar-refractivity contribution is 4.78. The summed E-state index contributed by atoms with van der Waals surface area (Å²) in [6.07, 6.45) is 4.12. The van der Waals surface area contributed by atoms with Gasteiger partial charge in [-0.25, -0.2) is 0 Å². The first kappa shape index (κ1) is 8.02. The minimum Gasteiger partial charge on any atom is -0.374 e. The van der Waals surface area contributed by atoms with E-state index >= 15 is 0 Å². The van der Waals surface area contributed by atoms with E-state index in [0.29, 0.717) is 12.2 Å². The lowest BCUT2D eigenvalue weighted by Crippen LogP contribution is -2.33. The molecule has 0 aromatic heterocycles. The molecule has 2 nitrogen and oxygen atoms in total. The number of hydrogen-bond acceptors (Lipinski definition) is 2. The number of hydrogen-bond donors (Lipinski definition) is 1. The zero-order valence-electron chi connectivity index (χ0n) is 6.84. The van der Waals surface area contributed by atoms with Crippen molar-refractivity contribution in [2.75, 3.05) is 0 Å². The molecule has 1 rings (SSSR count). The molecule has 1 aliphatic heterocycles. The van der Waals surface area contributed by atoms with Crippen LogP contribution < -0.4 is 5.73 Å². The molecule has 2 unspecified atom stereocenters. The van der Waals surface area contributed by atoms with E-state index in [0.717, 1.165) is 12.8 Å². The molecule has 0 bridgehead atoms. The van der Waals surface area contributed by atoms with Gasteiger partial charge in [-0.1, -0.05) is 6.92 Å². The molecule has 2 N–H and O–H groups in total. The van der Waals surface area contributed by atoms with Crippen LogP contribution in [0.4, 0.5) is 0 Å². The molecule has 0 aliphatic carbocycles. The summed E-state index contributed by atoms with van der Waals surface area (Å²) in [4.78, 5) is 0. The molecule has 1 fully saturated rings. The van der Waals surface area contributed by atoms with Crippen molar-refractivity contribution in [2.24, 2.45) is 5.73 Å². The maximum Gasteiger partial charge on any atom is 0.0730 e. The van der Waals surface area contributed by atoms with Crippen molar-refractivity contribution in [3.05, 3.63) is 0 Å². The van der Waals surface area contributed by atoms with Crippen molar-refractivity contribution >= 4 is 0 Å². The first-order valence-electron chi connectivity index (χ1n) is 4.15. The first-order valence-corrected chi connectivity index (χ1v) is 4.15. The summed E-state index contributed by atoms with van der Waals surface area (Å²) in [7, 11) is 0. The van der Waals surface area contributed by atoms with Gasteiger partial charge in [0.25, 0.3) is 0 Å². The van der Waals surface area contributed by atoms with Crippen LogP contribution in [0.25, 0.3) is 0 Å². The van der Waals surface area contributed by atoms with Crippen LogP contribution in [0.15, 0.2) is 0 Å². The van der Waals surface area contributed by atoms with Crippen LogP contribution >= 0.6 is 0 Å². The SMILES string of the molecule is CC[C@@H](N)C1CCC(C)O1. The minimum absolute atomic E-state index is 0.255. The Morgan fingerprint density at radius 3 is 2.70 bits per heavy atom. The van der Waals surface area contributed by atoms with Crippen molar-refractivity contribution in [2.45, 2.75) is 51.4 Å². The highest BCUT2D eigenvalue weighted by atomic mass is 16.5. The van der Waals surface area contributed by atoms with Crippen molar-refractivity contribution in [1.29, 1.82) is 0 Å². The average Bonchev–Trinajstić information content (AvgIpc) is 2.34. The van der Waals surface area contributed by atoms with Gasteiger partial charge in [0.1, 0.15) is 0 Å². The number of rotatable bonds is 2. The summed E-state index contributed by atoms with van der Waals surface area (Å²) in [6, 6.07) is 0.255. The largest absolute Gasteiger partial charge is 0.374 e. The molecule has 1 heterocycles. The second kappa shape index (κ2) is 3.35. The summed E-state index contributed by atoms with van der Waals surface area (Å²) in [5.74, 6) is 0. The quantitative estimate of drug-likeness (QED) is 0.632. The molecule has 3 atom stereocenters. The van der Waals surface area contributed by atoms with E-state index in [4.69, 9.17) is 10.5 Å². The molecule has 0 spiro atoms. The van der Waals surface area contributed by atoms with Crippen LogP contribution in [0.3, 0.4) is 0 Å². The van der Waals surface area contributed by atoms with Crippen molar-refractivity contribution in [1.82, 2.24) is 0 Å². The monoisotopic (exact) mass is 143 g/mol. The average molecular weight is 143 g/mol. The Labute approximate surface area is 62.7 Å². The molecule has 0 aromatic carbocycles. The Morgan fingerprint density at radius 2 is 2.30 bits per heavy atom. The molecule has 60 valence electrons. The molecular weight excluding hydrogens is 126 g/mol. The lowest BCUT2D eigenvalue weighted by Gasteiger charge is -2.17. The number of nitrogens with two attached hydrogens (primary N) is 1. The summed E-state index contributed by atoms with van der Waals surface area (Å²) >= 11 is 0. The van der Waals surface area contributed by atoms with Crippen LogP contribution in [-0.4, -0.2) is 18.2 Å². The van der Waals surface area contributed by atoms with Gasteiger partial charge >= 0.3 is 0 Å². The molecule has 2 heteroatoms. The fourth-order valence-corrected chi connectivity index (χ4v) is 1.41. The minimum atomic E-state index is 0.255. The molecule has 10 heavy (non-hydrogen) atoms. The van der Waals surface area contributed by atoms with Crippen LogP contribution in [-0.2, 0) is 4.74 Å². The van der Waals surface area contributed by atoms with Crippen molar-refractivity contribution < 1.29 is 4.74 Å². The molecular formula is C8H17NO. The van der Waals surface area contributed by atoms with E-state index in [-0.39, 0.29) is 6.04 Å². The van der Waals surface area contributed by atoms with Crippen LogP contribution in [0.5, 0.6) is 0 Å². The maximum atomic E-state index is 5.82. The van der Waals surface area contributed by atoms with Gasteiger partial charge in [-0.2, -0.15) is 0 Å². The van der Waals surface area contributed by atoms with Crippen molar-refractivity contribution in [3.8, 4) is 0 Å². The topological polar surface area (TPSA) is 35.2 Å². The van der Waals surface area contributed by atoms with Crippen LogP contribution in [0.2, 0.25) is 0 Å². The smallest absolute Gasteiger partial charge is 0.0730 e. The van der Waals surface area contributed by atoms with Gasteiger partial charge in [0, 0.05) is 6.04 Å². The lowest BCUT2D eigenvalue weighted by atomic mass is 10.1. The Balaban J connectivity index is 2.29. The third-order valence-corrected chi connectivity index (χ3v) is 2.21. The van der Waals surface area contributed by atoms with Gasteiger partial charge in [0.2, 0.25) is 0 Å². The zero-order chi connectivity index (χ0) is 7.56. The Bertz CT molecular complexity index is 105. The normalized spacial score (nSPS) is 36.3. The lowest BCUT2D eigenvalue weighted by molar-refractivity contribution is 0.0397. The Morgan fingerprint density at radius 1 is 1.60 bits per heavy atom. The molecule has 1 saturated heterocycles. The fraction of sp³-hybridized carbons (Fsp3) is 1.00. The second-order valence-corrected chi connectivity index (χ2v) is 3.13. The molecule has 0 amide bonds. The first-order chi connectivity index (χ1) is 4.74.